The van der Waals surface area contributed by atoms with Gasteiger partial charge in [0.25, 0.3) is 0 Å². The van der Waals surface area contributed by atoms with Crippen LogP contribution in [0, 0.1) is 28.5 Å². The fourth-order valence-electron chi connectivity index (χ4n) is 4.98. The lowest BCUT2D eigenvalue weighted by Gasteiger charge is -2.28. The van der Waals surface area contributed by atoms with Gasteiger partial charge in [-0.25, -0.2) is 4.39 Å². The monoisotopic (exact) mass is 515 g/mol. The van der Waals surface area contributed by atoms with E-state index >= 15 is 0 Å². The van der Waals surface area contributed by atoms with Crippen LogP contribution in [0.1, 0.15) is 44.2 Å². The summed E-state index contributed by atoms with van der Waals surface area (Å²) in [6, 6.07) is 5.99. The number of carbonyl (C=O) groups is 1. The molecule has 6 nitrogen and oxygen atoms in total. The van der Waals surface area contributed by atoms with E-state index in [1.807, 2.05) is 19.1 Å². The van der Waals surface area contributed by atoms with Crippen molar-refractivity contribution in [1.29, 1.82) is 5.26 Å². The van der Waals surface area contributed by atoms with Gasteiger partial charge in [-0.2, -0.15) is 18.4 Å². The predicted molar refractivity (Wildman–Crippen MR) is 131 cm³/mol. The molecule has 3 aliphatic rings. The topological polar surface area (TPSA) is 94.2 Å². The average Bonchev–Trinajstić information content (AvgIpc) is 3.63. The highest BCUT2D eigenvalue weighted by Gasteiger charge is 2.57. The van der Waals surface area contributed by atoms with E-state index in [4.69, 9.17) is 5.73 Å². The van der Waals surface area contributed by atoms with Gasteiger partial charge >= 0.3 is 6.18 Å². The van der Waals surface area contributed by atoms with Gasteiger partial charge in [0, 0.05) is 30.1 Å². The van der Waals surface area contributed by atoms with E-state index < -0.39 is 29.3 Å². The molecule has 2 fully saturated rings. The van der Waals surface area contributed by atoms with Crippen LogP contribution in [0.2, 0.25) is 0 Å². The van der Waals surface area contributed by atoms with E-state index in [1.54, 1.807) is 11.8 Å². The molecule has 1 aromatic carbocycles. The van der Waals surface area contributed by atoms with Gasteiger partial charge in [-0.3, -0.25) is 10.1 Å². The SMILES string of the molecule is C/C=C\C(=C(/N)C(F)(F)F)c1cc(F)cc(CNC2C=C(N3CCC(C#N)(C4CC4)C3=O)C=C(C)N2)c1. The molecule has 0 radical (unpaired) electrons. The van der Waals surface area contributed by atoms with Gasteiger partial charge in [-0.15, -0.1) is 0 Å². The van der Waals surface area contributed by atoms with Crippen LogP contribution < -0.4 is 16.4 Å². The second kappa shape index (κ2) is 10.1. The van der Waals surface area contributed by atoms with Gasteiger partial charge in [-0.05, 0) is 80.5 Å². The van der Waals surface area contributed by atoms with Crippen molar-refractivity contribution in [1.82, 2.24) is 15.5 Å². The number of amides is 1. The minimum Gasteiger partial charge on any atom is -0.394 e. The quantitative estimate of drug-likeness (QED) is 0.365. The Hall–Kier alpha value is -3.58. The Kier molecular flexibility index (Phi) is 7.20. The summed E-state index contributed by atoms with van der Waals surface area (Å²) in [4.78, 5) is 14.8. The van der Waals surface area contributed by atoms with Crippen LogP contribution in [-0.2, 0) is 11.3 Å². The van der Waals surface area contributed by atoms with Crippen molar-refractivity contribution in [3.8, 4) is 6.07 Å². The number of allylic oxidation sites excluding steroid dienone is 6. The minimum absolute atomic E-state index is 0.0178. The third kappa shape index (κ3) is 5.42. The summed E-state index contributed by atoms with van der Waals surface area (Å²) in [7, 11) is 0. The standard InChI is InChI=1S/C27H29F4N5O/c1-3-4-22(24(33)27(29,30)31)18-10-17(11-20(28)12-18)14-34-23-13-21(9-16(2)35-23)36-8-7-26(15-32,25(36)37)19-5-6-19/h3-4,9-13,19,23,34-35H,5-8,14,33H2,1-2H3/b4-3-,24-22+. The summed E-state index contributed by atoms with van der Waals surface area (Å²) in [5.41, 5.74) is 4.69. The van der Waals surface area contributed by atoms with Gasteiger partial charge < -0.3 is 16.0 Å². The number of dihydropyridines is 1. The normalized spacial score (nSPS) is 24.9. The summed E-state index contributed by atoms with van der Waals surface area (Å²) in [6.07, 6.45) is 3.37. The summed E-state index contributed by atoms with van der Waals surface area (Å²) < 4.78 is 54.2. The first kappa shape index (κ1) is 26.5. The molecule has 4 rings (SSSR count). The second-order valence-electron chi connectivity index (χ2n) is 9.66. The van der Waals surface area contributed by atoms with E-state index in [9.17, 15) is 27.6 Å². The average molecular weight is 516 g/mol. The Morgan fingerprint density at radius 2 is 2.08 bits per heavy atom. The number of hydrogen-bond donors (Lipinski definition) is 3. The molecule has 2 unspecified atom stereocenters. The van der Waals surface area contributed by atoms with Gasteiger partial charge in [0.15, 0.2) is 0 Å². The Balaban J connectivity index is 1.53. The molecule has 2 aliphatic heterocycles. The van der Waals surface area contributed by atoms with Crippen molar-refractivity contribution < 1.29 is 22.4 Å². The fraction of sp³-hybridized carbons (Fsp3) is 0.407. The largest absolute Gasteiger partial charge is 0.431 e. The van der Waals surface area contributed by atoms with Crippen LogP contribution in [0.15, 0.2) is 59.6 Å². The molecule has 1 saturated heterocycles. The van der Waals surface area contributed by atoms with Crippen LogP contribution in [0.25, 0.3) is 5.57 Å². The first-order valence-electron chi connectivity index (χ1n) is 12.1. The Morgan fingerprint density at radius 3 is 2.70 bits per heavy atom. The van der Waals surface area contributed by atoms with Crippen molar-refractivity contribution >= 4 is 11.5 Å². The molecule has 196 valence electrons. The van der Waals surface area contributed by atoms with E-state index in [1.165, 1.54) is 24.3 Å². The highest BCUT2D eigenvalue weighted by atomic mass is 19.4. The van der Waals surface area contributed by atoms with Crippen molar-refractivity contribution in [2.24, 2.45) is 17.1 Å². The first-order valence-corrected chi connectivity index (χ1v) is 12.1. The zero-order valence-corrected chi connectivity index (χ0v) is 20.6. The number of nitrogens with zero attached hydrogens (tertiary/aromatic N) is 2. The third-order valence-corrected chi connectivity index (χ3v) is 6.95. The molecular weight excluding hydrogens is 486 g/mol. The van der Waals surface area contributed by atoms with E-state index in [0.717, 1.165) is 24.6 Å². The Bertz CT molecular complexity index is 1250. The number of halogens is 4. The maximum Gasteiger partial charge on any atom is 0.431 e. The Labute approximate surface area is 213 Å². The van der Waals surface area contributed by atoms with E-state index in [-0.39, 0.29) is 29.5 Å². The maximum atomic E-state index is 14.4. The van der Waals surface area contributed by atoms with Crippen molar-refractivity contribution in [3.63, 3.8) is 0 Å². The molecule has 1 aliphatic carbocycles. The number of benzene rings is 1. The van der Waals surface area contributed by atoms with Crippen molar-refractivity contribution in [3.05, 3.63) is 76.5 Å². The summed E-state index contributed by atoms with van der Waals surface area (Å²) in [6.45, 7) is 3.98. The zero-order valence-electron chi connectivity index (χ0n) is 20.6. The number of carbonyl (C=O) groups excluding carboxylic acids is 1. The number of nitriles is 1. The summed E-state index contributed by atoms with van der Waals surface area (Å²) >= 11 is 0. The van der Waals surface area contributed by atoms with Gasteiger partial charge in [0.1, 0.15) is 16.9 Å². The van der Waals surface area contributed by atoms with Gasteiger partial charge in [-0.1, -0.05) is 12.2 Å². The third-order valence-electron chi connectivity index (χ3n) is 6.95. The molecule has 2 heterocycles. The number of alkyl halides is 3. The van der Waals surface area contributed by atoms with Crippen molar-refractivity contribution in [2.75, 3.05) is 6.54 Å². The minimum atomic E-state index is -4.76. The van der Waals surface area contributed by atoms with Crippen LogP contribution in [0.3, 0.4) is 0 Å². The first-order chi connectivity index (χ1) is 17.5. The number of rotatable bonds is 7. The molecule has 1 amide bonds. The zero-order chi connectivity index (χ0) is 27.0. The van der Waals surface area contributed by atoms with Crippen LogP contribution >= 0.6 is 0 Å². The molecule has 2 atom stereocenters. The Morgan fingerprint density at radius 1 is 1.35 bits per heavy atom. The second-order valence-corrected chi connectivity index (χ2v) is 9.66. The molecule has 4 N–H and O–H groups in total. The smallest absolute Gasteiger partial charge is 0.394 e. The van der Waals surface area contributed by atoms with Crippen LogP contribution in [0.4, 0.5) is 17.6 Å². The van der Waals surface area contributed by atoms with Gasteiger partial charge in [0.2, 0.25) is 5.91 Å². The number of hydrogen-bond acceptors (Lipinski definition) is 5. The van der Waals surface area contributed by atoms with Crippen LogP contribution in [0.5, 0.6) is 0 Å². The molecule has 1 saturated carbocycles. The highest BCUT2D eigenvalue weighted by molar-refractivity contribution is 5.90. The number of nitrogens with two attached hydrogens (primary N) is 1. The molecule has 37 heavy (non-hydrogen) atoms. The maximum absolute atomic E-state index is 14.4. The highest BCUT2D eigenvalue weighted by Crippen LogP contribution is 2.52. The number of nitrogens with one attached hydrogen (secondary N) is 2. The number of likely N-dealkylation sites (tertiary alicyclic amines) is 1. The van der Waals surface area contributed by atoms with Crippen molar-refractivity contribution in [2.45, 2.75) is 52.0 Å². The lowest BCUT2D eigenvalue weighted by molar-refractivity contribution is -0.132. The summed E-state index contributed by atoms with van der Waals surface area (Å²) in [5, 5.41) is 16.2. The van der Waals surface area contributed by atoms with E-state index in [0.29, 0.717) is 24.2 Å². The molecule has 0 aromatic heterocycles. The van der Waals surface area contributed by atoms with E-state index in [2.05, 4.69) is 16.7 Å². The lowest BCUT2D eigenvalue weighted by atomic mass is 9.83. The lowest BCUT2D eigenvalue weighted by Crippen LogP contribution is -2.43. The molecule has 1 aromatic rings. The molecule has 0 bridgehead atoms. The molecule has 0 spiro atoms. The summed E-state index contributed by atoms with van der Waals surface area (Å²) in [5.74, 6) is -0.745. The van der Waals surface area contributed by atoms with Crippen LogP contribution in [-0.4, -0.2) is 29.7 Å². The van der Waals surface area contributed by atoms with Gasteiger partial charge in [0.05, 0.1) is 12.2 Å². The molecule has 10 heteroatoms. The fourth-order valence-corrected chi connectivity index (χ4v) is 4.98. The molecular formula is C27H29F4N5O. The predicted octanol–water partition coefficient (Wildman–Crippen LogP) is 4.59.